The standard InChI is InChI=1S/C12H17BrClN/c1-4-11(8(2)3)15-12-7-9(13)5-6-10(12)14/h5-8,11,15H,4H2,1-3H3. The summed E-state index contributed by atoms with van der Waals surface area (Å²) in [5, 5.41) is 4.25. The van der Waals surface area contributed by atoms with Crippen molar-refractivity contribution in [2.45, 2.75) is 33.2 Å². The van der Waals surface area contributed by atoms with Crippen LogP contribution in [-0.2, 0) is 0 Å². The molecule has 0 spiro atoms. The fourth-order valence-corrected chi connectivity index (χ4v) is 2.08. The van der Waals surface area contributed by atoms with Crippen molar-refractivity contribution in [3.8, 4) is 0 Å². The zero-order chi connectivity index (χ0) is 11.4. The SMILES string of the molecule is CCC(Nc1cc(Br)ccc1Cl)C(C)C. The Bertz CT molecular complexity index is 325. The van der Waals surface area contributed by atoms with E-state index in [9.17, 15) is 0 Å². The minimum Gasteiger partial charge on any atom is -0.381 e. The summed E-state index contributed by atoms with van der Waals surface area (Å²) in [6, 6.07) is 6.34. The molecule has 0 heterocycles. The van der Waals surface area contributed by atoms with Crippen LogP contribution >= 0.6 is 27.5 Å². The Morgan fingerprint density at radius 2 is 2.07 bits per heavy atom. The van der Waals surface area contributed by atoms with E-state index in [4.69, 9.17) is 11.6 Å². The van der Waals surface area contributed by atoms with Crippen molar-refractivity contribution in [1.82, 2.24) is 0 Å². The third kappa shape index (κ3) is 3.69. The molecular weight excluding hydrogens is 273 g/mol. The van der Waals surface area contributed by atoms with Crippen molar-refractivity contribution in [1.29, 1.82) is 0 Å². The maximum atomic E-state index is 6.12. The first kappa shape index (κ1) is 12.9. The van der Waals surface area contributed by atoms with Crippen molar-refractivity contribution in [2.24, 2.45) is 5.92 Å². The average molecular weight is 291 g/mol. The van der Waals surface area contributed by atoms with Crippen LogP contribution in [0.3, 0.4) is 0 Å². The molecule has 0 saturated carbocycles. The highest BCUT2D eigenvalue weighted by Crippen LogP contribution is 2.27. The van der Waals surface area contributed by atoms with Gasteiger partial charge in [0.15, 0.2) is 0 Å². The largest absolute Gasteiger partial charge is 0.381 e. The minimum atomic E-state index is 0.469. The van der Waals surface area contributed by atoms with Crippen molar-refractivity contribution < 1.29 is 0 Å². The highest BCUT2D eigenvalue weighted by Gasteiger charge is 2.12. The number of anilines is 1. The van der Waals surface area contributed by atoms with Gasteiger partial charge >= 0.3 is 0 Å². The molecule has 0 radical (unpaired) electrons. The Labute approximate surface area is 105 Å². The average Bonchev–Trinajstić information content (AvgIpc) is 2.18. The maximum absolute atomic E-state index is 6.12. The number of nitrogens with one attached hydrogen (secondary N) is 1. The molecule has 0 aliphatic carbocycles. The first-order chi connectivity index (χ1) is 7.04. The number of rotatable bonds is 4. The van der Waals surface area contributed by atoms with Crippen molar-refractivity contribution in [3.63, 3.8) is 0 Å². The monoisotopic (exact) mass is 289 g/mol. The molecule has 15 heavy (non-hydrogen) atoms. The second-order valence-electron chi connectivity index (χ2n) is 4.03. The number of halogens is 2. The zero-order valence-corrected chi connectivity index (χ0v) is 11.7. The lowest BCUT2D eigenvalue weighted by Crippen LogP contribution is -2.24. The summed E-state index contributed by atoms with van der Waals surface area (Å²) >= 11 is 9.57. The van der Waals surface area contributed by atoms with E-state index < -0.39 is 0 Å². The molecule has 1 unspecified atom stereocenters. The van der Waals surface area contributed by atoms with E-state index in [0.29, 0.717) is 12.0 Å². The van der Waals surface area contributed by atoms with Gasteiger partial charge in [-0.25, -0.2) is 0 Å². The van der Waals surface area contributed by atoms with E-state index in [1.165, 1.54) is 0 Å². The summed E-state index contributed by atoms with van der Waals surface area (Å²) in [6.07, 6.45) is 1.10. The molecule has 0 bridgehead atoms. The Morgan fingerprint density at radius 3 is 2.60 bits per heavy atom. The van der Waals surface area contributed by atoms with Gasteiger partial charge in [-0.2, -0.15) is 0 Å². The van der Waals surface area contributed by atoms with Gasteiger partial charge in [0.05, 0.1) is 10.7 Å². The second kappa shape index (κ2) is 5.76. The third-order valence-electron chi connectivity index (χ3n) is 2.51. The van der Waals surface area contributed by atoms with Crippen LogP contribution in [0.15, 0.2) is 22.7 Å². The van der Waals surface area contributed by atoms with Gasteiger partial charge in [-0.05, 0) is 30.5 Å². The Kier molecular flexibility index (Phi) is 4.94. The lowest BCUT2D eigenvalue weighted by Gasteiger charge is -2.22. The highest BCUT2D eigenvalue weighted by atomic mass is 79.9. The molecule has 1 atom stereocenters. The smallest absolute Gasteiger partial charge is 0.0638 e. The second-order valence-corrected chi connectivity index (χ2v) is 5.35. The molecule has 84 valence electrons. The maximum Gasteiger partial charge on any atom is 0.0638 e. The van der Waals surface area contributed by atoms with Gasteiger partial charge in [-0.3, -0.25) is 0 Å². The van der Waals surface area contributed by atoms with Crippen LogP contribution in [0.1, 0.15) is 27.2 Å². The van der Waals surface area contributed by atoms with Crippen LogP contribution in [0.5, 0.6) is 0 Å². The third-order valence-corrected chi connectivity index (χ3v) is 3.34. The van der Waals surface area contributed by atoms with Crippen LogP contribution in [0.2, 0.25) is 5.02 Å². The Hall–Kier alpha value is -0.210. The van der Waals surface area contributed by atoms with Gasteiger partial charge in [-0.15, -0.1) is 0 Å². The summed E-state index contributed by atoms with van der Waals surface area (Å²) in [7, 11) is 0. The first-order valence-electron chi connectivity index (χ1n) is 5.26. The molecule has 0 aromatic heterocycles. The summed E-state index contributed by atoms with van der Waals surface area (Å²) in [5.41, 5.74) is 1.01. The molecule has 0 aliphatic rings. The predicted molar refractivity (Wildman–Crippen MR) is 71.7 cm³/mol. The summed E-state index contributed by atoms with van der Waals surface area (Å²) in [6.45, 7) is 6.61. The van der Waals surface area contributed by atoms with Crippen LogP contribution < -0.4 is 5.32 Å². The van der Waals surface area contributed by atoms with E-state index in [0.717, 1.165) is 21.6 Å². The molecular formula is C12H17BrClN. The van der Waals surface area contributed by atoms with E-state index in [1.807, 2.05) is 18.2 Å². The quantitative estimate of drug-likeness (QED) is 0.827. The molecule has 3 heteroatoms. The lowest BCUT2D eigenvalue weighted by molar-refractivity contribution is 0.511. The fourth-order valence-electron chi connectivity index (χ4n) is 1.55. The molecule has 1 aromatic rings. The number of hydrogen-bond donors (Lipinski definition) is 1. The van der Waals surface area contributed by atoms with Crippen molar-refractivity contribution >= 4 is 33.2 Å². The molecule has 1 aromatic carbocycles. The van der Waals surface area contributed by atoms with Crippen molar-refractivity contribution in [3.05, 3.63) is 27.7 Å². The molecule has 0 amide bonds. The molecule has 0 aliphatic heterocycles. The zero-order valence-electron chi connectivity index (χ0n) is 9.35. The molecule has 0 fully saturated rings. The van der Waals surface area contributed by atoms with E-state index >= 15 is 0 Å². The highest BCUT2D eigenvalue weighted by molar-refractivity contribution is 9.10. The number of hydrogen-bond acceptors (Lipinski definition) is 1. The Morgan fingerprint density at radius 1 is 1.40 bits per heavy atom. The fraction of sp³-hybridized carbons (Fsp3) is 0.500. The predicted octanol–water partition coefficient (Wildman–Crippen LogP) is 4.95. The molecule has 1 rings (SSSR count). The van der Waals surface area contributed by atoms with Crippen molar-refractivity contribution in [2.75, 3.05) is 5.32 Å². The van der Waals surface area contributed by atoms with Gasteiger partial charge < -0.3 is 5.32 Å². The van der Waals surface area contributed by atoms with Crippen LogP contribution in [0.25, 0.3) is 0 Å². The van der Waals surface area contributed by atoms with Gasteiger partial charge in [0.25, 0.3) is 0 Å². The van der Waals surface area contributed by atoms with E-state index in [1.54, 1.807) is 0 Å². The van der Waals surface area contributed by atoms with Crippen LogP contribution in [0.4, 0.5) is 5.69 Å². The van der Waals surface area contributed by atoms with Crippen LogP contribution in [0, 0.1) is 5.92 Å². The van der Waals surface area contributed by atoms with Gasteiger partial charge in [0, 0.05) is 10.5 Å². The molecule has 0 saturated heterocycles. The van der Waals surface area contributed by atoms with Crippen LogP contribution in [-0.4, -0.2) is 6.04 Å². The van der Waals surface area contributed by atoms with Gasteiger partial charge in [-0.1, -0.05) is 48.3 Å². The molecule has 1 nitrogen and oxygen atoms in total. The van der Waals surface area contributed by atoms with Gasteiger partial charge in [0.2, 0.25) is 0 Å². The summed E-state index contributed by atoms with van der Waals surface area (Å²) in [4.78, 5) is 0. The van der Waals surface area contributed by atoms with E-state index in [-0.39, 0.29) is 0 Å². The topological polar surface area (TPSA) is 12.0 Å². The summed E-state index contributed by atoms with van der Waals surface area (Å²) in [5.74, 6) is 0.602. The first-order valence-corrected chi connectivity index (χ1v) is 6.43. The summed E-state index contributed by atoms with van der Waals surface area (Å²) < 4.78 is 1.05. The molecule has 1 N–H and O–H groups in total. The normalized spacial score (nSPS) is 12.9. The minimum absolute atomic E-state index is 0.469. The Balaban J connectivity index is 2.82. The van der Waals surface area contributed by atoms with Gasteiger partial charge in [0.1, 0.15) is 0 Å². The number of benzene rings is 1. The van der Waals surface area contributed by atoms with E-state index in [2.05, 4.69) is 42.0 Å². The lowest BCUT2D eigenvalue weighted by atomic mass is 10.0.